The van der Waals surface area contributed by atoms with Gasteiger partial charge in [0.25, 0.3) is 0 Å². The fraction of sp³-hybridized carbons (Fsp3) is 0.259. The highest BCUT2D eigenvalue weighted by molar-refractivity contribution is 6.32. The molecule has 0 amide bonds. The molecule has 74 heavy (non-hydrogen) atoms. The Balaban J connectivity index is 1.22. The Morgan fingerprint density at radius 3 is 1.32 bits per heavy atom. The Morgan fingerprint density at radius 1 is 0.568 bits per heavy atom. The molecule has 2 aromatic heterocycles. The van der Waals surface area contributed by atoms with Crippen LogP contribution in [0.25, 0.3) is 11.1 Å². The van der Waals surface area contributed by atoms with Gasteiger partial charge in [0.05, 0.1) is 24.3 Å². The normalized spacial score (nSPS) is 12.1. The summed E-state index contributed by atoms with van der Waals surface area (Å²) in [6, 6.07) is 18.7. The summed E-state index contributed by atoms with van der Waals surface area (Å²) in [5, 5.41) is 25.2. The number of nitrogens with zero attached hydrogens (tertiary/aromatic N) is 4. The number of carboxylic acid groups (broad SMARTS) is 2. The molecule has 2 atom stereocenters. The Hall–Kier alpha value is -7.90. The van der Waals surface area contributed by atoms with Crippen LogP contribution in [-0.4, -0.2) is 96.9 Å². The molecule has 386 valence electrons. The molecule has 18 nitrogen and oxygen atoms in total. The largest absolute Gasteiger partial charge is 0.488 e. The number of hydrogen-bond donors (Lipinski definition) is 4. The van der Waals surface area contributed by atoms with Crippen LogP contribution < -0.4 is 29.6 Å². The van der Waals surface area contributed by atoms with Crippen molar-refractivity contribution in [1.29, 1.82) is 0 Å². The molecular weight excluding hydrogens is 996 g/mol. The van der Waals surface area contributed by atoms with Gasteiger partial charge in [0.2, 0.25) is 12.1 Å². The van der Waals surface area contributed by atoms with Crippen molar-refractivity contribution in [3.05, 3.63) is 163 Å². The first kappa shape index (κ1) is 55.4. The summed E-state index contributed by atoms with van der Waals surface area (Å²) in [5.74, 6) is -3.51. The smallest absolute Gasteiger partial charge is 0.334 e. The van der Waals surface area contributed by atoms with Gasteiger partial charge in [-0.1, -0.05) is 59.6 Å². The van der Waals surface area contributed by atoms with Gasteiger partial charge >= 0.3 is 23.9 Å². The Kier molecular flexibility index (Phi) is 20.0. The molecule has 0 bridgehead atoms. The molecular formula is C54H54Cl2N6O12. The van der Waals surface area contributed by atoms with Crippen molar-refractivity contribution in [2.45, 2.75) is 65.4 Å². The fourth-order valence-corrected chi connectivity index (χ4v) is 8.11. The highest BCUT2D eigenvalue weighted by atomic mass is 35.5. The van der Waals surface area contributed by atoms with E-state index < -0.39 is 36.0 Å². The zero-order valence-corrected chi connectivity index (χ0v) is 42.8. The van der Waals surface area contributed by atoms with Gasteiger partial charge in [0, 0.05) is 110 Å². The summed E-state index contributed by atoms with van der Waals surface area (Å²) in [6.45, 7) is 4.18. The molecule has 0 radical (unpaired) electrons. The molecule has 0 spiro atoms. The van der Waals surface area contributed by atoms with E-state index in [1.165, 1.54) is 0 Å². The topological polar surface area (TPSA) is 239 Å². The van der Waals surface area contributed by atoms with Gasteiger partial charge in [-0.05, 0) is 71.5 Å². The van der Waals surface area contributed by atoms with Crippen molar-refractivity contribution in [1.82, 2.24) is 20.6 Å². The first-order valence-corrected chi connectivity index (χ1v) is 23.5. The summed E-state index contributed by atoms with van der Waals surface area (Å²) < 4.78 is 34.6. The molecule has 4 aromatic carbocycles. The van der Waals surface area contributed by atoms with E-state index in [0.717, 1.165) is 69.9 Å². The lowest BCUT2D eigenvalue weighted by Gasteiger charge is -2.19. The number of aliphatic carboxylic acids is 2. The third-order valence-electron chi connectivity index (χ3n) is 11.5. The molecule has 2 heterocycles. The number of carbonyl (C=O) groups excluding carboxylic acids is 2. The Labute approximate surface area is 437 Å². The van der Waals surface area contributed by atoms with Crippen LogP contribution in [-0.2, 0) is 68.2 Å². The molecule has 0 aliphatic heterocycles. The van der Waals surface area contributed by atoms with Crippen LogP contribution in [0.1, 0.15) is 55.6 Å². The number of ether oxygens (including phenoxy) is 6. The number of carboxylic acids is 2. The van der Waals surface area contributed by atoms with E-state index in [1.54, 1.807) is 75.6 Å². The maximum Gasteiger partial charge on any atom is 0.334 e. The number of benzene rings is 4. The summed E-state index contributed by atoms with van der Waals surface area (Å²) in [4.78, 5) is 64.8. The van der Waals surface area contributed by atoms with E-state index in [9.17, 15) is 29.4 Å². The van der Waals surface area contributed by atoms with E-state index in [1.807, 2.05) is 62.4 Å². The second kappa shape index (κ2) is 26.7. The molecule has 0 saturated heterocycles. The minimum Gasteiger partial charge on any atom is -0.488 e. The first-order valence-electron chi connectivity index (χ1n) is 22.8. The lowest BCUT2D eigenvalue weighted by Crippen LogP contribution is -2.43. The van der Waals surface area contributed by atoms with Crippen molar-refractivity contribution >= 4 is 59.5 Å². The van der Waals surface area contributed by atoms with Crippen LogP contribution in [0.5, 0.6) is 23.0 Å². The third kappa shape index (κ3) is 14.6. The number of hydrogen-bond acceptors (Lipinski definition) is 16. The maximum atomic E-state index is 12.2. The SMILES string of the molecule is CN=Cc1cncc(COc2cc(OCc3cccc(-c4cccc(COc5cc(OCc6cncc(C=NC)c6)c(CN[C@H](C(=O)O)C(=O)OC)cc5Cl)c4C)c3C)c(Cl)cc2CN[C@H](C(=O)O)C(=O)OC)c1. The van der Waals surface area contributed by atoms with Crippen LogP contribution in [0.15, 0.2) is 108 Å². The number of rotatable bonds is 25. The van der Waals surface area contributed by atoms with Crippen LogP contribution >= 0.6 is 23.2 Å². The van der Waals surface area contributed by atoms with Crippen molar-refractivity contribution in [3.8, 4) is 34.1 Å². The van der Waals surface area contributed by atoms with Gasteiger partial charge in [-0.3, -0.25) is 30.6 Å². The zero-order chi connectivity index (χ0) is 53.3. The van der Waals surface area contributed by atoms with Crippen molar-refractivity contribution < 1.29 is 57.8 Å². The van der Waals surface area contributed by atoms with Crippen molar-refractivity contribution in [2.75, 3.05) is 28.3 Å². The molecule has 20 heteroatoms. The predicted octanol–water partition coefficient (Wildman–Crippen LogP) is 7.91. The standard InChI is InChI=1S/C54H54Cl2N6O12/c1-31-37(29-73-47-17-45(71-27-35-13-33(19-57-3)21-59-23-35)39(15-43(47)55)25-61-49(51(63)64)53(67)69-5)9-7-11-41(31)42-12-8-10-38(32(42)2)30-74-48-18-46(72-28-36-14-34(20-58-4)22-60-24-36)40(16-44(48)56)26-62-50(52(65)66)54(68)70-6/h7-24,49-50,61-62H,25-30H2,1-6H3,(H,63,64)(H,65,66)/t49-,50-/m1/s1. The van der Waals surface area contributed by atoms with Gasteiger partial charge in [0.1, 0.15) is 49.4 Å². The second-order valence-electron chi connectivity index (χ2n) is 16.5. The van der Waals surface area contributed by atoms with E-state index in [-0.39, 0.29) is 49.6 Å². The molecule has 0 aliphatic carbocycles. The molecule has 0 aliphatic rings. The number of pyridine rings is 2. The maximum absolute atomic E-state index is 12.2. The van der Waals surface area contributed by atoms with E-state index in [0.29, 0.717) is 34.1 Å². The van der Waals surface area contributed by atoms with Crippen molar-refractivity contribution in [3.63, 3.8) is 0 Å². The van der Waals surface area contributed by atoms with Crippen LogP contribution in [0.4, 0.5) is 0 Å². The highest BCUT2D eigenvalue weighted by Gasteiger charge is 2.29. The summed E-state index contributed by atoms with van der Waals surface area (Å²) in [5.41, 5.74) is 9.47. The first-order chi connectivity index (χ1) is 35.6. The highest BCUT2D eigenvalue weighted by Crippen LogP contribution is 2.37. The van der Waals surface area contributed by atoms with Gasteiger partial charge in [0.15, 0.2) is 0 Å². The average molecular weight is 1050 g/mol. The number of halogens is 2. The van der Waals surface area contributed by atoms with Crippen LogP contribution in [0, 0.1) is 13.8 Å². The van der Waals surface area contributed by atoms with Crippen molar-refractivity contribution in [2.24, 2.45) is 9.98 Å². The van der Waals surface area contributed by atoms with Gasteiger partial charge in [-0.15, -0.1) is 0 Å². The number of aliphatic imine (C=N–C) groups is 2. The van der Waals surface area contributed by atoms with E-state index in [2.05, 4.69) is 40.1 Å². The zero-order valence-electron chi connectivity index (χ0n) is 41.3. The minimum absolute atomic E-state index is 0.0860. The van der Waals surface area contributed by atoms with Gasteiger partial charge in [-0.25, -0.2) is 19.2 Å². The number of aromatic nitrogens is 2. The fourth-order valence-electron chi connectivity index (χ4n) is 7.63. The lowest BCUT2D eigenvalue weighted by atomic mass is 9.92. The van der Waals surface area contributed by atoms with Crippen LogP contribution in [0.3, 0.4) is 0 Å². The average Bonchev–Trinajstić information content (AvgIpc) is 3.38. The minimum atomic E-state index is -1.64. The van der Waals surface area contributed by atoms with Gasteiger partial charge < -0.3 is 38.6 Å². The van der Waals surface area contributed by atoms with E-state index >= 15 is 0 Å². The molecule has 0 fully saturated rings. The molecule has 0 saturated carbocycles. The monoisotopic (exact) mass is 1050 g/mol. The third-order valence-corrected chi connectivity index (χ3v) is 12.1. The van der Waals surface area contributed by atoms with E-state index in [4.69, 9.17) is 42.1 Å². The molecule has 6 rings (SSSR count). The Morgan fingerprint density at radius 2 is 0.959 bits per heavy atom. The lowest BCUT2D eigenvalue weighted by molar-refractivity contribution is -0.155. The number of esters is 2. The van der Waals surface area contributed by atoms with Gasteiger partial charge in [-0.2, -0.15) is 0 Å². The second-order valence-corrected chi connectivity index (χ2v) is 17.3. The number of methoxy groups -OCH3 is 2. The molecule has 4 N–H and O–H groups in total. The summed E-state index contributed by atoms with van der Waals surface area (Å²) in [6.07, 6.45) is 9.97. The Bertz CT molecular complexity index is 2860. The predicted molar refractivity (Wildman–Crippen MR) is 278 cm³/mol. The number of nitrogens with one attached hydrogen (secondary N) is 2. The summed E-state index contributed by atoms with van der Waals surface area (Å²) in [7, 11) is 5.52. The molecule has 0 unspecified atom stereocenters. The summed E-state index contributed by atoms with van der Waals surface area (Å²) >= 11 is 13.6. The van der Waals surface area contributed by atoms with Crippen LogP contribution in [0.2, 0.25) is 10.0 Å². The molecule has 6 aromatic rings. The quantitative estimate of drug-likeness (QED) is 0.0242. The number of carbonyl (C=O) groups is 4.